The van der Waals surface area contributed by atoms with Gasteiger partial charge >= 0.3 is 0 Å². The summed E-state index contributed by atoms with van der Waals surface area (Å²) in [5, 5.41) is 0.954. The maximum Gasteiger partial charge on any atom is 0.152 e. The van der Waals surface area contributed by atoms with Crippen molar-refractivity contribution in [3.05, 3.63) is 29.6 Å². The van der Waals surface area contributed by atoms with Crippen molar-refractivity contribution in [3.8, 4) is 0 Å². The lowest BCUT2D eigenvalue weighted by molar-refractivity contribution is 0.112. The lowest BCUT2D eigenvalue weighted by atomic mass is 10.2. The highest BCUT2D eigenvalue weighted by Crippen LogP contribution is 2.20. The number of pyridine rings is 1. The third-order valence-corrected chi connectivity index (χ3v) is 2.57. The Morgan fingerprint density at radius 3 is 2.88 bits per heavy atom. The zero-order chi connectivity index (χ0) is 11.7. The van der Waals surface area contributed by atoms with Gasteiger partial charge in [-0.05, 0) is 24.5 Å². The van der Waals surface area contributed by atoms with Crippen molar-refractivity contribution in [1.29, 1.82) is 0 Å². The van der Waals surface area contributed by atoms with Crippen molar-refractivity contribution in [1.82, 2.24) is 9.55 Å². The van der Waals surface area contributed by atoms with Gasteiger partial charge in [-0.15, -0.1) is 0 Å². The zero-order valence-electron chi connectivity index (χ0n) is 9.90. The zero-order valence-corrected chi connectivity index (χ0v) is 9.90. The van der Waals surface area contributed by atoms with Crippen LogP contribution in [0.15, 0.2) is 18.5 Å². The minimum atomic E-state index is 0.540. The number of carbonyl (C=O) groups excluding carboxylic acids is 1. The summed E-state index contributed by atoms with van der Waals surface area (Å²) in [6, 6.07) is 2.02. The van der Waals surface area contributed by atoms with Crippen molar-refractivity contribution in [2.24, 2.45) is 5.92 Å². The van der Waals surface area contributed by atoms with Crippen LogP contribution in [0.4, 0.5) is 0 Å². The molecule has 0 aliphatic rings. The van der Waals surface area contributed by atoms with Crippen molar-refractivity contribution in [2.75, 3.05) is 0 Å². The molecule has 2 aromatic rings. The van der Waals surface area contributed by atoms with Gasteiger partial charge in [0.05, 0.1) is 0 Å². The normalized spacial score (nSPS) is 11.2. The maximum atomic E-state index is 11.0. The SMILES string of the molecule is Cc1cnc2c(c1)c(C=O)cn2CC(C)C. The predicted molar refractivity (Wildman–Crippen MR) is 64.7 cm³/mol. The summed E-state index contributed by atoms with van der Waals surface area (Å²) in [6.07, 6.45) is 4.64. The number of rotatable bonds is 3. The van der Waals surface area contributed by atoms with Gasteiger partial charge in [0.1, 0.15) is 5.65 Å². The maximum absolute atomic E-state index is 11.0. The van der Waals surface area contributed by atoms with E-state index in [2.05, 4.69) is 23.4 Å². The van der Waals surface area contributed by atoms with Gasteiger partial charge in [-0.1, -0.05) is 13.8 Å². The van der Waals surface area contributed by atoms with E-state index in [0.29, 0.717) is 5.92 Å². The molecule has 0 spiro atoms. The van der Waals surface area contributed by atoms with E-state index in [1.807, 2.05) is 25.4 Å². The third-order valence-electron chi connectivity index (χ3n) is 2.57. The van der Waals surface area contributed by atoms with E-state index in [1.54, 1.807) is 0 Å². The predicted octanol–water partition coefficient (Wildman–Crippen LogP) is 2.81. The number of aromatic nitrogens is 2. The van der Waals surface area contributed by atoms with Crippen LogP contribution in [0.2, 0.25) is 0 Å². The Bertz CT molecular complexity index is 526. The number of carbonyl (C=O) groups is 1. The molecule has 2 rings (SSSR count). The molecule has 0 bridgehead atoms. The molecule has 0 N–H and O–H groups in total. The van der Waals surface area contributed by atoms with Crippen LogP contribution in [0.1, 0.15) is 29.8 Å². The second kappa shape index (κ2) is 4.08. The Kier molecular flexibility index (Phi) is 2.77. The summed E-state index contributed by atoms with van der Waals surface area (Å²) in [4.78, 5) is 15.4. The first-order chi connectivity index (χ1) is 7.61. The first kappa shape index (κ1) is 10.9. The standard InChI is InChI=1S/C13H16N2O/c1-9(2)6-15-7-11(8-16)12-4-10(3)5-14-13(12)15/h4-5,7-9H,6H2,1-3H3. The van der Waals surface area contributed by atoms with Crippen LogP contribution < -0.4 is 0 Å². The molecule has 0 unspecified atom stereocenters. The lowest BCUT2D eigenvalue weighted by Crippen LogP contribution is -2.03. The second-order valence-electron chi connectivity index (χ2n) is 4.63. The van der Waals surface area contributed by atoms with Crippen LogP contribution in [-0.4, -0.2) is 15.8 Å². The first-order valence-electron chi connectivity index (χ1n) is 5.52. The smallest absolute Gasteiger partial charge is 0.152 e. The molecule has 0 aromatic carbocycles. The van der Waals surface area contributed by atoms with Gasteiger partial charge in [0.25, 0.3) is 0 Å². The highest BCUT2D eigenvalue weighted by molar-refractivity contribution is 5.96. The molecule has 0 aliphatic carbocycles. The third kappa shape index (κ3) is 1.85. The van der Waals surface area contributed by atoms with Gasteiger partial charge in [-0.25, -0.2) is 4.98 Å². The van der Waals surface area contributed by atoms with Crippen LogP contribution in [-0.2, 0) is 6.54 Å². The molecule has 0 radical (unpaired) electrons. The fourth-order valence-corrected chi connectivity index (χ4v) is 1.93. The fourth-order valence-electron chi connectivity index (χ4n) is 1.93. The molecule has 2 heterocycles. The summed E-state index contributed by atoms with van der Waals surface area (Å²) < 4.78 is 2.06. The molecule has 16 heavy (non-hydrogen) atoms. The number of fused-ring (bicyclic) bond motifs is 1. The van der Waals surface area contributed by atoms with Gasteiger partial charge in [-0.3, -0.25) is 4.79 Å². The number of aldehydes is 1. The fraction of sp³-hybridized carbons (Fsp3) is 0.385. The minimum absolute atomic E-state index is 0.540. The van der Waals surface area contributed by atoms with Gasteiger partial charge in [0.2, 0.25) is 0 Å². The average Bonchev–Trinajstić information content (AvgIpc) is 2.55. The molecular weight excluding hydrogens is 200 g/mol. The van der Waals surface area contributed by atoms with Crippen molar-refractivity contribution >= 4 is 17.3 Å². The molecule has 0 fully saturated rings. The van der Waals surface area contributed by atoms with E-state index in [4.69, 9.17) is 0 Å². The number of hydrogen-bond acceptors (Lipinski definition) is 2. The quantitative estimate of drug-likeness (QED) is 0.739. The molecule has 0 atom stereocenters. The van der Waals surface area contributed by atoms with Crippen LogP contribution in [0.5, 0.6) is 0 Å². The summed E-state index contributed by atoms with van der Waals surface area (Å²) in [5.41, 5.74) is 2.71. The molecule has 0 aliphatic heterocycles. The molecule has 0 saturated heterocycles. The Hall–Kier alpha value is -1.64. The van der Waals surface area contributed by atoms with E-state index < -0.39 is 0 Å². The number of nitrogens with zero attached hydrogens (tertiary/aromatic N) is 2. The topological polar surface area (TPSA) is 34.9 Å². The summed E-state index contributed by atoms with van der Waals surface area (Å²) in [5.74, 6) is 0.540. The van der Waals surface area contributed by atoms with Crippen molar-refractivity contribution < 1.29 is 4.79 Å². The molecule has 3 nitrogen and oxygen atoms in total. The van der Waals surface area contributed by atoms with Crippen LogP contribution in [0.3, 0.4) is 0 Å². The second-order valence-corrected chi connectivity index (χ2v) is 4.63. The van der Waals surface area contributed by atoms with Gasteiger partial charge in [-0.2, -0.15) is 0 Å². The van der Waals surface area contributed by atoms with Crippen LogP contribution in [0, 0.1) is 12.8 Å². The Morgan fingerprint density at radius 2 is 2.25 bits per heavy atom. The molecule has 0 amide bonds. The largest absolute Gasteiger partial charge is 0.332 e. The summed E-state index contributed by atoms with van der Waals surface area (Å²) in [6.45, 7) is 7.18. The first-order valence-corrected chi connectivity index (χ1v) is 5.52. The van der Waals surface area contributed by atoms with Crippen molar-refractivity contribution in [3.63, 3.8) is 0 Å². The summed E-state index contributed by atoms with van der Waals surface area (Å²) in [7, 11) is 0. The van der Waals surface area contributed by atoms with E-state index >= 15 is 0 Å². The molecule has 0 saturated carbocycles. The van der Waals surface area contributed by atoms with Gasteiger partial charge < -0.3 is 4.57 Å². The van der Waals surface area contributed by atoms with Gasteiger partial charge in [0.15, 0.2) is 6.29 Å². The minimum Gasteiger partial charge on any atom is -0.332 e. The molecule has 3 heteroatoms. The number of hydrogen-bond donors (Lipinski definition) is 0. The highest BCUT2D eigenvalue weighted by Gasteiger charge is 2.10. The molecule has 84 valence electrons. The Balaban J connectivity index is 2.63. The van der Waals surface area contributed by atoms with Gasteiger partial charge in [0, 0.05) is 29.9 Å². The Labute approximate surface area is 95.1 Å². The van der Waals surface area contributed by atoms with E-state index in [-0.39, 0.29) is 0 Å². The summed E-state index contributed by atoms with van der Waals surface area (Å²) >= 11 is 0. The van der Waals surface area contributed by atoms with E-state index in [0.717, 1.165) is 35.0 Å². The van der Waals surface area contributed by atoms with Crippen LogP contribution >= 0.6 is 0 Å². The van der Waals surface area contributed by atoms with E-state index in [1.165, 1.54) is 0 Å². The lowest BCUT2D eigenvalue weighted by Gasteiger charge is -2.07. The van der Waals surface area contributed by atoms with E-state index in [9.17, 15) is 4.79 Å². The molecular formula is C13H16N2O. The Morgan fingerprint density at radius 1 is 1.50 bits per heavy atom. The van der Waals surface area contributed by atoms with Crippen molar-refractivity contribution in [2.45, 2.75) is 27.3 Å². The molecule has 2 aromatic heterocycles. The highest BCUT2D eigenvalue weighted by atomic mass is 16.1. The average molecular weight is 216 g/mol. The van der Waals surface area contributed by atoms with Crippen LogP contribution in [0.25, 0.3) is 11.0 Å². The monoisotopic (exact) mass is 216 g/mol. The number of aryl methyl sites for hydroxylation is 1.